The van der Waals surface area contributed by atoms with Gasteiger partial charge in [-0.15, -0.1) is 0 Å². The second-order valence-electron chi connectivity index (χ2n) is 6.81. The van der Waals surface area contributed by atoms with E-state index in [0.29, 0.717) is 44.8 Å². The Hall–Kier alpha value is -4.46. The highest BCUT2D eigenvalue weighted by molar-refractivity contribution is 6.01. The number of hydrogen-bond donors (Lipinski definition) is 4. The monoisotopic (exact) mass is 398 g/mol. The first-order chi connectivity index (χ1) is 14.5. The van der Waals surface area contributed by atoms with Crippen molar-refractivity contribution in [2.75, 3.05) is 0 Å². The van der Waals surface area contributed by atoms with E-state index in [9.17, 15) is 19.8 Å². The lowest BCUT2D eigenvalue weighted by Crippen LogP contribution is -2.00. The number of hydrogen-bond acceptors (Lipinski definition) is 4. The molecular formula is C22H14N4O4. The van der Waals surface area contributed by atoms with Crippen molar-refractivity contribution in [3.63, 3.8) is 0 Å². The number of rotatable bonds is 2. The highest BCUT2D eigenvalue weighted by Gasteiger charge is 2.16. The number of carboxylic acids is 2. The lowest BCUT2D eigenvalue weighted by atomic mass is 10.2. The van der Waals surface area contributed by atoms with Crippen LogP contribution < -0.4 is 0 Å². The molecule has 146 valence electrons. The van der Waals surface area contributed by atoms with Crippen LogP contribution in [0.3, 0.4) is 0 Å². The molecular weight excluding hydrogens is 384 g/mol. The maximum atomic E-state index is 11.9. The van der Waals surface area contributed by atoms with E-state index in [-0.39, 0.29) is 11.1 Å². The Labute approximate surface area is 168 Å². The summed E-state index contributed by atoms with van der Waals surface area (Å²) in [7, 11) is 0. The van der Waals surface area contributed by atoms with Crippen LogP contribution in [0.25, 0.3) is 46.4 Å². The number of fused-ring (bicyclic) bond motifs is 8. The molecule has 2 aliphatic heterocycles. The number of H-pyrrole nitrogens is 2. The van der Waals surface area contributed by atoms with E-state index in [2.05, 4.69) is 19.9 Å². The molecule has 3 aromatic heterocycles. The molecule has 4 N–H and O–H groups in total. The Kier molecular flexibility index (Phi) is 3.85. The van der Waals surface area contributed by atoms with Crippen LogP contribution in [0.5, 0.6) is 0 Å². The first-order valence-corrected chi connectivity index (χ1v) is 9.05. The third-order valence-corrected chi connectivity index (χ3v) is 4.83. The number of carbonyl (C=O) groups is 2. The van der Waals surface area contributed by atoms with Gasteiger partial charge in [-0.05, 0) is 60.7 Å². The number of aromatic amines is 2. The number of nitrogens with zero attached hydrogens (tertiary/aromatic N) is 2. The quantitative estimate of drug-likeness (QED) is 0.355. The Morgan fingerprint density at radius 1 is 0.667 bits per heavy atom. The molecule has 8 nitrogen and oxygen atoms in total. The molecule has 5 rings (SSSR count). The SMILES string of the molecule is O=C(O)c1c2nc(cc3nc(c(C(=O)O)c4ccc(cc5ccc1[nH]5)[nH]4)C=C3)C=C2. The van der Waals surface area contributed by atoms with E-state index < -0.39 is 11.9 Å². The van der Waals surface area contributed by atoms with Gasteiger partial charge in [-0.2, -0.15) is 0 Å². The summed E-state index contributed by atoms with van der Waals surface area (Å²) in [4.78, 5) is 38.8. The molecule has 0 spiro atoms. The molecule has 0 radical (unpaired) electrons. The zero-order valence-corrected chi connectivity index (χ0v) is 15.4. The summed E-state index contributed by atoms with van der Waals surface area (Å²) in [5, 5.41) is 19.5. The molecule has 0 amide bonds. The van der Waals surface area contributed by atoms with Crippen molar-refractivity contribution in [1.29, 1.82) is 0 Å². The number of aromatic carboxylic acids is 2. The van der Waals surface area contributed by atoms with Gasteiger partial charge in [0.2, 0.25) is 0 Å². The highest BCUT2D eigenvalue weighted by atomic mass is 16.4. The summed E-state index contributed by atoms with van der Waals surface area (Å²) in [5.74, 6) is -2.18. The average molecular weight is 398 g/mol. The van der Waals surface area contributed by atoms with Gasteiger partial charge in [-0.3, -0.25) is 0 Å². The van der Waals surface area contributed by atoms with E-state index in [1.165, 1.54) is 0 Å². The average Bonchev–Trinajstić information content (AvgIpc) is 3.46. The molecule has 0 saturated heterocycles. The molecule has 30 heavy (non-hydrogen) atoms. The van der Waals surface area contributed by atoms with Gasteiger partial charge in [-0.1, -0.05) is 0 Å². The van der Waals surface area contributed by atoms with E-state index in [4.69, 9.17) is 0 Å². The van der Waals surface area contributed by atoms with Crippen molar-refractivity contribution in [1.82, 2.24) is 19.9 Å². The first kappa shape index (κ1) is 17.6. The van der Waals surface area contributed by atoms with Gasteiger partial charge in [0.05, 0.1) is 33.8 Å². The van der Waals surface area contributed by atoms with Crippen molar-refractivity contribution in [3.8, 4) is 0 Å². The molecule has 0 aromatic carbocycles. The number of aromatic nitrogens is 4. The molecule has 2 aliphatic rings. The zero-order valence-electron chi connectivity index (χ0n) is 15.4. The second kappa shape index (κ2) is 6.56. The Morgan fingerprint density at radius 2 is 1.13 bits per heavy atom. The maximum absolute atomic E-state index is 11.9. The molecule has 0 saturated carbocycles. The minimum atomic E-state index is -1.09. The smallest absolute Gasteiger partial charge is 0.340 e. The molecule has 5 heterocycles. The van der Waals surface area contributed by atoms with E-state index in [0.717, 1.165) is 0 Å². The van der Waals surface area contributed by atoms with Crippen molar-refractivity contribution in [2.45, 2.75) is 0 Å². The number of nitrogens with one attached hydrogen (secondary N) is 2. The summed E-state index contributed by atoms with van der Waals surface area (Å²) in [6.07, 6.45) is 6.65. The van der Waals surface area contributed by atoms with Gasteiger partial charge < -0.3 is 20.2 Å². The fourth-order valence-electron chi connectivity index (χ4n) is 3.52. The Bertz CT molecular complexity index is 1350. The Morgan fingerprint density at radius 3 is 1.57 bits per heavy atom. The van der Waals surface area contributed by atoms with Gasteiger partial charge >= 0.3 is 11.9 Å². The fraction of sp³-hybridized carbons (Fsp3) is 0. The van der Waals surface area contributed by atoms with Crippen LogP contribution in [0.2, 0.25) is 0 Å². The minimum absolute atomic E-state index is 0.0613. The van der Waals surface area contributed by atoms with Gasteiger partial charge in [0.1, 0.15) is 11.1 Å². The van der Waals surface area contributed by atoms with E-state index >= 15 is 0 Å². The predicted molar refractivity (Wildman–Crippen MR) is 113 cm³/mol. The van der Waals surface area contributed by atoms with Crippen LogP contribution in [0.1, 0.15) is 43.5 Å². The molecule has 0 unspecified atom stereocenters. The van der Waals surface area contributed by atoms with E-state index in [1.54, 1.807) is 60.7 Å². The summed E-state index contributed by atoms with van der Waals surface area (Å²) < 4.78 is 0. The normalized spacial score (nSPS) is 12.3. The topological polar surface area (TPSA) is 132 Å². The fourth-order valence-corrected chi connectivity index (χ4v) is 3.52. The molecule has 8 bridgehead atoms. The largest absolute Gasteiger partial charge is 0.478 e. The minimum Gasteiger partial charge on any atom is -0.478 e. The molecule has 0 fully saturated rings. The molecule has 8 heteroatoms. The summed E-state index contributed by atoms with van der Waals surface area (Å²) in [6, 6.07) is 10.3. The first-order valence-electron chi connectivity index (χ1n) is 9.05. The van der Waals surface area contributed by atoms with Crippen LogP contribution in [0, 0.1) is 0 Å². The lowest BCUT2D eigenvalue weighted by molar-refractivity contribution is 0.0687. The summed E-state index contributed by atoms with van der Waals surface area (Å²) >= 11 is 0. The summed E-state index contributed by atoms with van der Waals surface area (Å²) in [6.45, 7) is 0. The number of carboxylic acid groups (broad SMARTS) is 2. The van der Waals surface area contributed by atoms with Gasteiger partial charge in [-0.25, -0.2) is 19.6 Å². The molecule has 0 atom stereocenters. The van der Waals surface area contributed by atoms with Crippen LogP contribution in [-0.4, -0.2) is 42.1 Å². The van der Waals surface area contributed by atoms with Crippen molar-refractivity contribution >= 4 is 58.3 Å². The summed E-state index contributed by atoms with van der Waals surface area (Å²) in [5.41, 5.74) is 3.98. The standard InChI is InChI=1S/C22H14N4O4/c27-21(28)19-15-5-1-11(23-15)9-12-2-6-17(24-12)20(22(29)30)18-8-4-14(26-18)10-13-3-7-16(19)25-13/h1-10,23-24H,(H,27,28)(H,29,30). The van der Waals surface area contributed by atoms with Gasteiger partial charge in [0, 0.05) is 11.0 Å². The van der Waals surface area contributed by atoms with Crippen LogP contribution in [0.4, 0.5) is 0 Å². The second-order valence-corrected chi connectivity index (χ2v) is 6.81. The predicted octanol–water partition coefficient (Wildman–Crippen LogP) is 4.05. The third-order valence-electron chi connectivity index (χ3n) is 4.83. The van der Waals surface area contributed by atoms with Crippen molar-refractivity contribution < 1.29 is 19.8 Å². The van der Waals surface area contributed by atoms with Crippen molar-refractivity contribution in [2.24, 2.45) is 0 Å². The van der Waals surface area contributed by atoms with Crippen LogP contribution >= 0.6 is 0 Å². The molecule has 3 aromatic rings. The lowest BCUT2D eigenvalue weighted by Gasteiger charge is -1.96. The van der Waals surface area contributed by atoms with Crippen molar-refractivity contribution in [3.05, 3.63) is 70.3 Å². The highest BCUT2D eigenvalue weighted by Crippen LogP contribution is 2.23. The van der Waals surface area contributed by atoms with Crippen LogP contribution in [0.15, 0.2) is 36.4 Å². The van der Waals surface area contributed by atoms with Crippen LogP contribution in [-0.2, 0) is 0 Å². The zero-order chi connectivity index (χ0) is 20.8. The third kappa shape index (κ3) is 2.96. The maximum Gasteiger partial charge on any atom is 0.340 e. The van der Waals surface area contributed by atoms with Gasteiger partial charge in [0.15, 0.2) is 0 Å². The molecule has 0 aliphatic carbocycles. The van der Waals surface area contributed by atoms with Gasteiger partial charge in [0.25, 0.3) is 0 Å². The van der Waals surface area contributed by atoms with E-state index in [1.807, 2.05) is 0 Å². The Balaban J connectivity index is 1.94.